The molecule has 2 unspecified atom stereocenters. The molecule has 2 fully saturated rings. The van der Waals surface area contributed by atoms with Crippen molar-refractivity contribution in [3.05, 3.63) is 47.9 Å². The molecular weight excluding hydrogens is 453 g/mol. The summed E-state index contributed by atoms with van der Waals surface area (Å²) in [7, 11) is 0. The van der Waals surface area contributed by atoms with Crippen LogP contribution in [0.15, 0.2) is 40.9 Å². The molecular formula is C26H28FN3O5. The van der Waals surface area contributed by atoms with Gasteiger partial charge in [0.2, 0.25) is 6.79 Å². The highest BCUT2D eigenvalue weighted by Crippen LogP contribution is 2.36. The van der Waals surface area contributed by atoms with Crippen LogP contribution in [0, 0.1) is 5.82 Å². The lowest BCUT2D eigenvalue weighted by molar-refractivity contribution is -0.000582. The molecule has 0 bridgehead atoms. The standard InChI is InChI=1S/C26H28FN3O5/c27-17-5-7-19-23(13-17)35-29-25(19)16-9-11-30(12-10-16)20-3-1-2-4-21(20)34-26(31)28-18-6-8-22-24(14-18)33-15-32-22/h5-8,13-14,16,20-21H,1-4,9-12,15H2,(H,28,31). The first-order chi connectivity index (χ1) is 17.1. The molecule has 6 rings (SSSR count). The summed E-state index contributed by atoms with van der Waals surface area (Å²) < 4.78 is 35.5. The van der Waals surface area contributed by atoms with Gasteiger partial charge in [0.25, 0.3) is 0 Å². The smallest absolute Gasteiger partial charge is 0.411 e. The molecule has 2 aromatic carbocycles. The third-order valence-electron chi connectivity index (χ3n) is 7.39. The molecule has 184 valence electrons. The number of anilines is 1. The van der Waals surface area contributed by atoms with E-state index in [0.717, 1.165) is 62.7 Å². The van der Waals surface area contributed by atoms with E-state index in [4.69, 9.17) is 18.7 Å². The molecule has 2 atom stereocenters. The minimum Gasteiger partial charge on any atom is -0.454 e. The number of carbonyl (C=O) groups excluding carboxylic acids is 1. The van der Waals surface area contributed by atoms with E-state index in [1.165, 1.54) is 12.1 Å². The Morgan fingerprint density at radius 3 is 2.74 bits per heavy atom. The van der Waals surface area contributed by atoms with Gasteiger partial charge in [0.1, 0.15) is 11.9 Å². The molecule has 35 heavy (non-hydrogen) atoms. The van der Waals surface area contributed by atoms with Crippen molar-refractivity contribution < 1.29 is 27.9 Å². The topological polar surface area (TPSA) is 86.1 Å². The van der Waals surface area contributed by atoms with Crippen molar-refractivity contribution in [2.24, 2.45) is 0 Å². The van der Waals surface area contributed by atoms with Gasteiger partial charge in [0, 0.05) is 35.2 Å². The number of likely N-dealkylation sites (tertiary alicyclic amines) is 1. The second-order valence-electron chi connectivity index (χ2n) is 9.51. The maximum atomic E-state index is 13.5. The van der Waals surface area contributed by atoms with Crippen LogP contribution in [0.5, 0.6) is 11.5 Å². The molecule has 0 radical (unpaired) electrons. The lowest BCUT2D eigenvalue weighted by atomic mass is 9.86. The predicted molar refractivity (Wildman–Crippen MR) is 126 cm³/mol. The highest BCUT2D eigenvalue weighted by molar-refractivity contribution is 5.85. The summed E-state index contributed by atoms with van der Waals surface area (Å²) in [6.45, 7) is 1.98. The van der Waals surface area contributed by atoms with Crippen LogP contribution in [0.1, 0.15) is 50.1 Å². The first-order valence-electron chi connectivity index (χ1n) is 12.3. The second kappa shape index (κ2) is 9.37. The Kier molecular flexibility index (Phi) is 5.93. The summed E-state index contributed by atoms with van der Waals surface area (Å²) in [4.78, 5) is 15.2. The molecule has 3 aromatic rings. The van der Waals surface area contributed by atoms with Gasteiger partial charge in [0.15, 0.2) is 17.1 Å². The van der Waals surface area contributed by atoms with Gasteiger partial charge < -0.3 is 18.7 Å². The zero-order valence-corrected chi connectivity index (χ0v) is 19.4. The minimum atomic E-state index is -0.447. The van der Waals surface area contributed by atoms with Gasteiger partial charge in [-0.05, 0) is 69.5 Å². The van der Waals surface area contributed by atoms with Crippen LogP contribution in [-0.4, -0.2) is 48.2 Å². The maximum absolute atomic E-state index is 13.5. The molecule has 1 aromatic heterocycles. The Morgan fingerprint density at radius 2 is 1.86 bits per heavy atom. The van der Waals surface area contributed by atoms with Crippen molar-refractivity contribution in [3.8, 4) is 11.5 Å². The third kappa shape index (κ3) is 4.52. The molecule has 1 N–H and O–H groups in total. The summed E-state index contributed by atoms with van der Waals surface area (Å²) >= 11 is 0. The Labute approximate surface area is 202 Å². The number of nitrogens with zero attached hydrogens (tertiary/aromatic N) is 2. The summed E-state index contributed by atoms with van der Waals surface area (Å²) in [5, 5.41) is 7.98. The first-order valence-corrected chi connectivity index (χ1v) is 12.3. The van der Waals surface area contributed by atoms with E-state index in [0.29, 0.717) is 22.8 Å². The van der Waals surface area contributed by atoms with Crippen molar-refractivity contribution in [2.45, 2.75) is 56.6 Å². The van der Waals surface area contributed by atoms with Crippen molar-refractivity contribution >= 4 is 22.7 Å². The van der Waals surface area contributed by atoms with Gasteiger partial charge in [-0.3, -0.25) is 10.2 Å². The molecule has 0 spiro atoms. The second-order valence-corrected chi connectivity index (χ2v) is 9.51. The van der Waals surface area contributed by atoms with E-state index in [2.05, 4.69) is 15.4 Å². The Balaban J connectivity index is 1.07. The molecule has 1 amide bonds. The van der Waals surface area contributed by atoms with Crippen LogP contribution in [0.2, 0.25) is 0 Å². The van der Waals surface area contributed by atoms with E-state index in [-0.39, 0.29) is 30.7 Å². The summed E-state index contributed by atoms with van der Waals surface area (Å²) in [6, 6.07) is 10.1. The molecule has 2 aliphatic heterocycles. The number of amides is 1. The number of rotatable bonds is 4. The summed E-state index contributed by atoms with van der Waals surface area (Å²) in [5.74, 6) is 1.24. The van der Waals surface area contributed by atoms with Crippen molar-refractivity contribution in [3.63, 3.8) is 0 Å². The highest BCUT2D eigenvalue weighted by atomic mass is 19.1. The Morgan fingerprint density at radius 1 is 1.03 bits per heavy atom. The predicted octanol–water partition coefficient (Wildman–Crippen LogP) is 5.43. The van der Waals surface area contributed by atoms with Crippen LogP contribution >= 0.6 is 0 Å². The van der Waals surface area contributed by atoms with Gasteiger partial charge in [-0.1, -0.05) is 11.6 Å². The zero-order chi connectivity index (χ0) is 23.8. The largest absolute Gasteiger partial charge is 0.454 e. The van der Waals surface area contributed by atoms with E-state index in [1.54, 1.807) is 24.3 Å². The van der Waals surface area contributed by atoms with E-state index >= 15 is 0 Å². The lowest BCUT2D eigenvalue weighted by Crippen LogP contribution is -2.50. The van der Waals surface area contributed by atoms with Gasteiger partial charge in [-0.15, -0.1) is 0 Å². The average molecular weight is 482 g/mol. The van der Waals surface area contributed by atoms with E-state index in [9.17, 15) is 9.18 Å². The van der Waals surface area contributed by atoms with Crippen LogP contribution in [0.3, 0.4) is 0 Å². The quantitative estimate of drug-likeness (QED) is 0.531. The van der Waals surface area contributed by atoms with Gasteiger partial charge >= 0.3 is 6.09 Å². The first kappa shape index (κ1) is 22.2. The monoisotopic (exact) mass is 481 g/mol. The maximum Gasteiger partial charge on any atom is 0.411 e. The van der Waals surface area contributed by atoms with Gasteiger partial charge in [-0.25, -0.2) is 9.18 Å². The van der Waals surface area contributed by atoms with E-state index in [1.807, 2.05) is 0 Å². The molecule has 3 aliphatic rings. The summed E-state index contributed by atoms with van der Waals surface area (Å²) in [5.41, 5.74) is 2.03. The number of hydrogen-bond donors (Lipinski definition) is 1. The van der Waals surface area contributed by atoms with Crippen LogP contribution < -0.4 is 14.8 Å². The number of carbonyl (C=O) groups is 1. The van der Waals surface area contributed by atoms with Crippen molar-refractivity contribution in [2.75, 3.05) is 25.2 Å². The Bertz CT molecular complexity index is 1220. The van der Waals surface area contributed by atoms with Crippen LogP contribution in [0.4, 0.5) is 14.9 Å². The molecule has 1 saturated heterocycles. The van der Waals surface area contributed by atoms with E-state index < -0.39 is 6.09 Å². The Hall–Kier alpha value is -3.33. The SMILES string of the molecule is O=C(Nc1ccc2c(c1)OCO2)OC1CCCCC1N1CCC(c2noc3cc(F)ccc23)CC1. The van der Waals surface area contributed by atoms with Crippen molar-refractivity contribution in [1.29, 1.82) is 0 Å². The molecule has 1 aliphatic carbocycles. The fraction of sp³-hybridized carbons (Fsp3) is 0.462. The highest BCUT2D eigenvalue weighted by Gasteiger charge is 2.36. The number of piperidine rings is 1. The molecule has 8 nitrogen and oxygen atoms in total. The minimum absolute atomic E-state index is 0.148. The summed E-state index contributed by atoms with van der Waals surface area (Å²) in [6.07, 6.45) is 5.33. The fourth-order valence-electron chi connectivity index (χ4n) is 5.62. The lowest BCUT2D eigenvalue weighted by Gasteiger charge is -2.42. The van der Waals surface area contributed by atoms with Crippen LogP contribution in [0.25, 0.3) is 11.0 Å². The number of ether oxygens (including phenoxy) is 3. The normalized spacial score (nSPS) is 22.9. The van der Waals surface area contributed by atoms with Gasteiger partial charge in [0.05, 0.1) is 5.69 Å². The molecule has 9 heteroatoms. The number of benzene rings is 2. The van der Waals surface area contributed by atoms with Crippen molar-refractivity contribution in [1.82, 2.24) is 10.1 Å². The van der Waals surface area contributed by atoms with Crippen LogP contribution in [-0.2, 0) is 4.74 Å². The number of halogens is 1. The molecule has 1 saturated carbocycles. The van der Waals surface area contributed by atoms with Gasteiger partial charge in [-0.2, -0.15) is 0 Å². The zero-order valence-electron chi connectivity index (χ0n) is 19.4. The average Bonchev–Trinajstić information content (AvgIpc) is 3.51. The number of hydrogen-bond acceptors (Lipinski definition) is 7. The fourth-order valence-corrected chi connectivity index (χ4v) is 5.62. The number of nitrogens with one attached hydrogen (secondary N) is 1. The number of aromatic nitrogens is 1. The number of fused-ring (bicyclic) bond motifs is 2. The molecule has 3 heterocycles. The third-order valence-corrected chi connectivity index (χ3v) is 7.39.